The molecule has 0 amide bonds. The number of aryl methyl sites for hydroxylation is 1. The third-order valence-electron chi connectivity index (χ3n) is 3.83. The summed E-state index contributed by atoms with van der Waals surface area (Å²) >= 11 is 0. The van der Waals surface area contributed by atoms with E-state index in [2.05, 4.69) is 46.3 Å². The van der Waals surface area contributed by atoms with E-state index in [1.807, 2.05) is 4.52 Å². The third-order valence-corrected chi connectivity index (χ3v) is 3.83. The van der Waals surface area contributed by atoms with Crippen LogP contribution in [-0.2, 0) is 4.74 Å². The highest BCUT2D eigenvalue weighted by molar-refractivity contribution is 5.53. The van der Waals surface area contributed by atoms with Gasteiger partial charge in [-0.25, -0.2) is 4.98 Å². The first-order chi connectivity index (χ1) is 10.3. The van der Waals surface area contributed by atoms with Crippen LogP contribution in [-0.4, -0.2) is 53.5 Å². The third kappa shape index (κ3) is 3.01. The lowest BCUT2D eigenvalue weighted by atomic mass is 10.2. The maximum atomic E-state index is 5.66. The summed E-state index contributed by atoms with van der Waals surface area (Å²) in [6.45, 7) is 8.64. The fraction of sp³-hybridized carbons (Fsp3) is 0.600. The van der Waals surface area contributed by atoms with Gasteiger partial charge in [-0.15, -0.1) is 0 Å². The Bertz CT molecular complexity index is 597. The van der Waals surface area contributed by atoms with E-state index in [-0.39, 0.29) is 0 Å². The van der Waals surface area contributed by atoms with Crippen molar-refractivity contribution in [1.29, 1.82) is 0 Å². The van der Waals surface area contributed by atoms with E-state index in [1.54, 1.807) is 6.33 Å². The molecule has 2 aromatic heterocycles. The minimum absolute atomic E-state index is 0.333. The molecule has 1 saturated heterocycles. The normalized spacial score (nSPS) is 19.3. The maximum absolute atomic E-state index is 5.66. The first kappa shape index (κ1) is 14.3. The number of pyridine rings is 1. The van der Waals surface area contributed by atoms with Crippen molar-refractivity contribution in [2.24, 2.45) is 0 Å². The molecule has 0 aromatic carbocycles. The van der Waals surface area contributed by atoms with Crippen LogP contribution in [0.4, 0.5) is 5.82 Å². The molecule has 1 fully saturated rings. The van der Waals surface area contributed by atoms with Crippen molar-refractivity contribution < 1.29 is 4.74 Å². The molecule has 1 N–H and O–H groups in total. The topological polar surface area (TPSA) is 54.7 Å². The van der Waals surface area contributed by atoms with Gasteiger partial charge in [0.2, 0.25) is 0 Å². The number of anilines is 1. The van der Waals surface area contributed by atoms with E-state index < -0.39 is 0 Å². The molecule has 0 bridgehead atoms. The summed E-state index contributed by atoms with van der Waals surface area (Å²) in [6, 6.07) is 4.57. The Kier molecular flexibility index (Phi) is 4.36. The molecule has 0 spiro atoms. The predicted octanol–water partition coefficient (Wildman–Crippen LogP) is 1.24. The van der Waals surface area contributed by atoms with Crippen molar-refractivity contribution in [2.75, 3.05) is 37.7 Å². The standard InChI is InChI=1S/C15H23N5O/c1-3-4-16-9-13-10-21-6-5-19(13)15-8-12(2)7-14-17-11-18-20(14)15/h7-8,11,13,16H,3-6,9-10H2,1-2H3. The Labute approximate surface area is 125 Å². The summed E-state index contributed by atoms with van der Waals surface area (Å²) in [5, 5.41) is 7.86. The average Bonchev–Trinajstić information content (AvgIpc) is 2.95. The van der Waals surface area contributed by atoms with E-state index >= 15 is 0 Å². The van der Waals surface area contributed by atoms with Crippen LogP contribution in [0.25, 0.3) is 5.65 Å². The zero-order valence-corrected chi connectivity index (χ0v) is 12.7. The number of hydrogen-bond donors (Lipinski definition) is 1. The summed E-state index contributed by atoms with van der Waals surface area (Å²) in [5.41, 5.74) is 2.11. The minimum atomic E-state index is 0.333. The quantitative estimate of drug-likeness (QED) is 0.839. The molecule has 114 valence electrons. The van der Waals surface area contributed by atoms with Crippen LogP contribution in [0.15, 0.2) is 18.5 Å². The van der Waals surface area contributed by atoms with E-state index in [1.165, 1.54) is 5.56 Å². The Morgan fingerprint density at radius 2 is 2.33 bits per heavy atom. The van der Waals surface area contributed by atoms with Crippen molar-refractivity contribution in [2.45, 2.75) is 26.3 Å². The summed E-state index contributed by atoms with van der Waals surface area (Å²) in [4.78, 5) is 6.70. The van der Waals surface area contributed by atoms with Gasteiger partial charge in [-0.1, -0.05) is 6.92 Å². The summed E-state index contributed by atoms with van der Waals surface area (Å²) in [5.74, 6) is 1.11. The van der Waals surface area contributed by atoms with Gasteiger partial charge in [0.05, 0.1) is 19.3 Å². The Balaban J connectivity index is 1.88. The molecule has 1 aliphatic rings. The highest BCUT2D eigenvalue weighted by Crippen LogP contribution is 2.22. The lowest BCUT2D eigenvalue weighted by Crippen LogP contribution is -2.51. The summed E-state index contributed by atoms with van der Waals surface area (Å²) in [6.07, 6.45) is 2.76. The highest BCUT2D eigenvalue weighted by Gasteiger charge is 2.25. The molecule has 3 rings (SSSR count). The number of fused-ring (bicyclic) bond motifs is 1. The van der Waals surface area contributed by atoms with Crippen LogP contribution in [0.5, 0.6) is 0 Å². The van der Waals surface area contributed by atoms with Crippen LogP contribution >= 0.6 is 0 Å². The molecule has 0 radical (unpaired) electrons. The van der Waals surface area contributed by atoms with Crippen molar-refractivity contribution in [3.63, 3.8) is 0 Å². The molecular formula is C15H23N5O. The highest BCUT2D eigenvalue weighted by atomic mass is 16.5. The van der Waals surface area contributed by atoms with Crippen molar-refractivity contribution in [3.8, 4) is 0 Å². The van der Waals surface area contributed by atoms with Gasteiger partial charge in [-0.3, -0.25) is 0 Å². The summed E-state index contributed by atoms with van der Waals surface area (Å²) < 4.78 is 7.58. The van der Waals surface area contributed by atoms with E-state index in [0.717, 1.165) is 50.7 Å². The second-order valence-corrected chi connectivity index (χ2v) is 5.55. The van der Waals surface area contributed by atoms with Gasteiger partial charge in [0.25, 0.3) is 0 Å². The fourth-order valence-corrected chi connectivity index (χ4v) is 2.81. The zero-order chi connectivity index (χ0) is 14.7. The average molecular weight is 289 g/mol. The van der Waals surface area contributed by atoms with Gasteiger partial charge in [-0.2, -0.15) is 9.61 Å². The monoisotopic (exact) mass is 289 g/mol. The van der Waals surface area contributed by atoms with Gasteiger partial charge >= 0.3 is 0 Å². The van der Waals surface area contributed by atoms with Gasteiger partial charge in [0.1, 0.15) is 12.1 Å². The SMILES string of the molecule is CCCNCC1COCCN1c1cc(C)cc2ncnn12. The Morgan fingerprint density at radius 1 is 1.43 bits per heavy atom. The fourth-order valence-electron chi connectivity index (χ4n) is 2.81. The van der Waals surface area contributed by atoms with Gasteiger partial charge in [0.15, 0.2) is 5.65 Å². The van der Waals surface area contributed by atoms with E-state index in [9.17, 15) is 0 Å². The van der Waals surface area contributed by atoms with Crippen LogP contribution in [0, 0.1) is 6.92 Å². The van der Waals surface area contributed by atoms with E-state index in [4.69, 9.17) is 4.74 Å². The lowest BCUT2D eigenvalue weighted by Gasteiger charge is -2.37. The minimum Gasteiger partial charge on any atom is -0.377 e. The second-order valence-electron chi connectivity index (χ2n) is 5.55. The molecule has 6 nitrogen and oxygen atoms in total. The molecule has 21 heavy (non-hydrogen) atoms. The maximum Gasteiger partial charge on any atom is 0.157 e. The molecular weight excluding hydrogens is 266 g/mol. The molecule has 6 heteroatoms. The number of nitrogens with zero attached hydrogens (tertiary/aromatic N) is 4. The van der Waals surface area contributed by atoms with Crippen LogP contribution in [0.1, 0.15) is 18.9 Å². The number of hydrogen-bond acceptors (Lipinski definition) is 5. The van der Waals surface area contributed by atoms with Crippen LogP contribution in [0.2, 0.25) is 0 Å². The summed E-state index contributed by atoms with van der Waals surface area (Å²) in [7, 11) is 0. The molecule has 2 aromatic rings. The van der Waals surface area contributed by atoms with E-state index in [0.29, 0.717) is 6.04 Å². The number of morpholine rings is 1. The largest absolute Gasteiger partial charge is 0.377 e. The molecule has 1 unspecified atom stereocenters. The first-order valence-electron chi connectivity index (χ1n) is 7.65. The molecule has 1 atom stereocenters. The molecule has 3 heterocycles. The number of nitrogens with one attached hydrogen (secondary N) is 1. The Morgan fingerprint density at radius 3 is 3.19 bits per heavy atom. The van der Waals surface area contributed by atoms with Crippen molar-refractivity contribution in [3.05, 3.63) is 24.0 Å². The van der Waals surface area contributed by atoms with Gasteiger partial charge < -0.3 is 15.0 Å². The number of ether oxygens (including phenoxy) is 1. The molecule has 0 saturated carbocycles. The van der Waals surface area contributed by atoms with Crippen LogP contribution in [0.3, 0.4) is 0 Å². The number of rotatable bonds is 5. The van der Waals surface area contributed by atoms with Crippen molar-refractivity contribution in [1.82, 2.24) is 19.9 Å². The lowest BCUT2D eigenvalue weighted by molar-refractivity contribution is 0.0932. The van der Waals surface area contributed by atoms with Crippen LogP contribution < -0.4 is 10.2 Å². The zero-order valence-electron chi connectivity index (χ0n) is 12.7. The van der Waals surface area contributed by atoms with Gasteiger partial charge in [0, 0.05) is 13.1 Å². The van der Waals surface area contributed by atoms with Gasteiger partial charge in [-0.05, 0) is 37.6 Å². The predicted molar refractivity (Wildman–Crippen MR) is 82.8 cm³/mol. The second kappa shape index (κ2) is 6.41. The Hall–Kier alpha value is -1.66. The molecule has 0 aliphatic carbocycles. The first-order valence-corrected chi connectivity index (χ1v) is 7.65. The smallest absolute Gasteiger partial charge is 0.157 e. The van der Waals surface area contributed by atoms with Crippen molar-refractivity contribution >= 4 is 11.5 Å². The molecule has 1 aliphatic heterocycles. The number of aromatic nitrogens is 3.